The molecule has 0 bridgehead atoms. The van der Waals surface area contributed by atoms with Crippen LogP contribution >= 0.6 is 11.3 Å². The van der Waals surface area contributed by atoms with Gasteiger partial charge in [-0.05, 0) is 55.1 Å². The first-order chi connectivity index (χ1) is 18.4. The smallest absolute Gasteiger partial charge is 0.407 e. The summed E-state index contributed by atoms with van der Waals surface area (Å²) >= 11 is 1.62. The zero-order valence-corrected chi connectivity index (χ0v) is 26.0. The van der Waals surface area contributed by atoms with Crippen molar-refractivity contribution in [3.05, 3.63) is 76.8 Å². The van der Waals surface area contributed by atoms with Crippen LogP contribution in [0.1, 0.15) is 50.1 Å². The molecule has 1 amide bonds. The Morgan fingerprint density at radius 2 is 1.95 bits per heavy atom. The normalized spacial score (nSPS) is 17.3. The average Bonchev–Trinajstić information content (AvgIpc) is 3.51. The molecule has 1 N–H and O–H groups in total. The van der Waals surface area contributed by atoms with Gasteiger partial charge in [-0.15, -0.1) is 11.3 Å². The van der Waals surface area contributed by atoms with Crippen molar-refractivity contribution in [1.29, 1.82) is 0 Å². The van der Waals surface area contributed by atoms with Gasteiger partial charge in [0, 0.05) is 42.8 Å². The number of nitrogens with zero attached hydrogens (tertiary/aromatic N) is 3. The van der Waals surface area contributed by atoms with Gasteiger partial charge in [0.15, 0.2) is 8.32 Å². The van der Waals surface area contributed by atoms with E-state index in [4.69, 9.17) is 4.43 Å². The highest BCUT2D eigenvalue weighted by molar-refractivity contribution is 7.13. The minimum Gasteiger partial charge on any atom is -0.465 e. The zero-order valence-electron chi connectivity index (χ0n) is 24.2. The molecule has 1 aliphatic heterocycles. The molecule has 1 aromatic heterocycles. The Morgan fingerprint density at radius 3 is 2.59 bits per heavy atom. The van der Waals surface area contributed by atoms with E-state index >= 15 is 0 Å². The van der Waals surface area contributed by atoms with Crippen LogP contribution in [0.25, 0.3) is 10.6 Å². The summed E-state index contributed by atoms with van der Waals surface area (Å²) in [4.78, 5) is 21.4. The van der Waals surface area contributed by atoms with Crippen LogP contribution < -0.4 is 0 Å². The van der Waals surface area contributed by atoms with E-state index in [1.54, 1.807) is 16.2 Å². The maximum atomic E-state index is 12.7. The number of rotatable bonds is 10. The molecule has 6 nitrogen and oxygen atoms in total. The lowest BCUT2D eigenvalue weighted by Gasteiger charge is -2.38. The first-order valence-corrected chi connectivity index (χ1v) is 17.7. The minimum absolute atomic E-state index is 0.162. The van der Waals surface area contributed by atoms with Gasteiger partial charge in [0.25, 0.3) is 0 Å². The molecule has 1 fully saturated rings. The van der Waals surface area contributed by atoms with Crippen LogP contribution in [0.3, 0.4) is 0 Å². The molecular weight excluding hydrogens is 523 g/mol. The van der Waals surface area contributed by atoms with E-state index in [9.17, 15) is 9.90 Å². The van der Waals surface area contributed by atoms with E-state index in [1.807, 2.05) is 31.2 Å². The van der Waals surface area contributed by atoms with Crippen LogP contribution in [0.4, 0.5) is 4.79 Å². The van der Waals surface area contributed by atoms with Crippen molar-refractivity contribution in [3.8, 4) is 10.6 Å². The molecule has 0 saturated carbocycles. The number of hydrogen-bond acceptors (Lipinski definition) is 5. The summed E-state index contributed by atoms with van der Waals surface area (Å²) < 4.78 is 6.73. The van der Waals surface area contributed by atoms with Gasteiger partial charge in [-0.25, -0.2) is 9.78 Å². The monoisotopic (exact) mass is 565 g/mol. The molecule has 2 aromatic carbocycles. The van der Waals surface area contributed by atoms with Gasteiger partial charge in [-0.3, -0.25) is 9.80 Å². The Bertz CT molecular complexity index is 1240. The predicted molar refractivity (Wildman–Crippen MR) is 163 cm³/mol. The molecule has 0 radical (unpaired) electrons. The highest BCUT2D eigenvalue weighted by atomic mass is 32.1. The van der Waals surface area contributed by atoms with Gasteiger partial charge >= 0.3 is 6.09 Å². The summed E-state index contributed by atoms with van der Waals surface area (Å²) in [6.07, 6.45) is 0.958. The molecule has 0 unspecified atom stereocenters. The van der Waals surface area contributed by atoms with Gasteiger partial charge in [0.05, 0.1) is 12.1 Å². The van der Waals surface area contributed by atoms with Crippen molar-refractivity contribution in [2.75, 3.05) is 26.2 Å². The van der Waals surface area contributed by atoms with Crippen LogP contribution in [-0.4, -0.2) is 66.6 Å². The molecule has 39 heavy (non-hydrogen) atoms. The Labute approximate surface area is 238 Å². The van der Waals surface area contributed by atoms with E-state index in [0.717, 1.165) is 46.9 Å². The Hall–Kier alpha value is -2.52. The molecule has 2 atom stereocenters. The van der Waals surface area contributed by atoms with Crippen LogP contribution in [0.5, 0.6) is 0 Å². The lowest BCUT2D eigenvalue weighted by atomic mass is 10.0. The predicted octanol–water partition coefficient (Wildman–Crippen LogP) is 7.48. The summed E-state index contributed by atoms with van der Waals surface area (Å²) in [7, 11) is -1.87. The largest absolute Gasteiger partial charge is 0.465 e. The maximum Gasteiger partial charge on any atom is 0.407 e. The summed E-state index contributed by atoms with van der Waals surface area (Å²) in [5, 5.41) is 13.6. The quantitative estimate of drug-likeness (QED) is 0.258. The summed E-state index contributed by atoms with van der Waals surface area (Å²) in [5.41, 5.74) is 4.17. The number of thiazole rings is 1. The third kappa shape index (κ3) is 7.57. The molecule has 2 heterocycles. The molecule has 0 spiro atoms. The fraction of sp³-hybridized carbons (Fsp3) is 0.484. The molecule has 1 aliphatic rings. The van der Waals surface area contributed by atoms with Crippen LogP contribution in [0, 0.1) is 6.92 Å². The van der Waals surface area contributed by atoms with Gasteiger partial charge in [-0.1, -0.05) is 69.3 Å². The number of aromatic nitrogens is 1. The van der Waals surface area contributed by atoms with E-state index in [2.05, 4.69) is 79.5 Å². The second-order valence-electron chi connectivity index (χ2n) is 12.2. The average molecular weight is 566 g/mol. The first-order valence-electron chi connectivity index (χ1n) is 13.9. The summed E-state index contributed by atoms with van der Waals surface area (Å²) in [5.74, 6) is 0. The van der Waals surface area contributed by atoms with Crippen molar-refractivity contribution in [2.45, 2.75) is 70.8 Å². The van der Waals surface area contributed by atoms with Crippen molar-refractivity contribution in [3.63, 3.8) is 0 Å². The zero-order chi connectivity index (χ0) is 28.2. The highest BCUT2D eigenvalue weighted by Crippen LogP contribution is 2.38. The number of hydrogen-bond donors (Lipinski definition) is 1. The topological polar surface area (TPSA) is 65.9 Å². The van der Waals surface area contributed by atoms with E-state index in [1.165, 1.54) is 0 Å². The van der Waals surface area contributed by atoms with Gasteiger partial charge in [0.2, 0.25) is 0 Å². The molecule has 210 valence electrons. The lowest BCUT2D eigenvalue weighted by molar-refractivity contribution is 0.107. The van der Waals surface area contributed by atoms with Crippen LogP contribution in [0.15, 0.2) is 60.0 Å². The van der Waals surface area contributed by atoms with E-state index < -0.39 is 14.4 Å². The Balaban J connectivity index is 1.58. The second kappa shape index (κ2) is 12.3. The van der Waals surface area contributed by atoms with Crippen molar-refractivity contribution in [2.24, 2.45) is 0 Å². The number of carboxylic acid groups (broad SMARTS) is 1. The van der Waals surface area contributed by atoms with Crippen LogP contribution in [0.2, 0.25) is 18.1 Å². The molecule has 0 aliphatic carbocycles. The fourth-order valence-electron chi connectivity index (χ4n) is 4.93. The minimum atomic E-state index is -1.87. The first kappa shape index (κ1) is 29.5. The van der Waals surface area contributed by atoms with E-state index in [-0.39, 0.29) is 17.2 Å². The summed E-state index contributed by atoms with van der Waals surface area (Å²) in [6, 6.07) is 18.1. The van der Waals surface area contributed by atoms with Crippen LogP contribution in [-0.2, 0) is 10.8 Å². The second-order valence-corrected chi connectivity index (χ2v) is 17.8. The van der Waals surface area contributed by atoms with Gasteiger partial charge < -0.3 is 9.53 Å². The number of carbonyl (C=O) groups is 1. The van der Waals surface area contributed by atoms with Crippen molar-refractivity contribution >= 4 is 25.7 Å². The molecule has 4 rings (SSSR count). The van der Waals surface area contributed by atoms with Crippen molar-refractivity contribution < 1.29 is 14.3 Å². The molecule has 8 heteroatoms. The molecule has 3 aromatic rings. The Kier molecular flexibility index (Phi) is 9.32. The molecule has 1 saturated heterocycles. The SMILES string of the molecule is Cc1csc(-c2cccc([C@@H](CN3CC[C@H](O[Si](C)(C)C(C)(C)C)C3)N(CCc3ccccc3)C(=O)O)c2)n1. The van der Waals surface area contributed by atoms with Crippen molar-refractivity contribution in [1.82, 2.24) is 14.8 Å². The third-order valence-corrected chi connectivity index (χ3v) is 13.7. The number of amides is 1. The van der Waals surface area contributed by atoms with E-state index in [0.29, 0.717) is 19.5 Å². The maximum absolute atomic E-state index is 12.7. The lowest BCUT2D eigenvalue weighted by Crippen LogP contribution is -2.45. The number of benzene rings is 2. The number of aryl methyl sites for hydroxylation is 1. The fourth-order valence-corrected chi connectivity index (χ4v) is 7.10. The standard InChI is InChI=1S/C31H43N3O3SSi/c1-23-22-38-29(32-23)26-14-10-13-25(19-26)28(34(30(35)36)18-15-24-11-8-7-9-12-24)21-33-17-16-27(20-33)37-39(5,6)31(2,3)4/h7-14,19,22,27-28H,15-18,20-21H2,1-6H3,(H,35,36)/t27-,28+/m0/s1. The van der Waals surface area contributed by atoms with Gasteiger partial charge in [0.1, 0.15) is 5.01 Å². The molecular formula is C31H43N3O3SSi. The highest BCUT2D eigenvalue weighted by Gasteiger charge is 2.41. The Morgan fingerprint density at radius 1 is 1.21 bits per heavy atom. The van der Waals surface area contributed by atoms with Gasteiger partial charge in [-0.2, -0.15) is 0 Å². The summed E-state index contributed by atoms with van der Waals surface area (Å²) in [6.45, 7) is 16.2. The number of likely N-dealkylation sites (tertiary alicyclic amines) is 1. The third-order valence-electron chi connectivity index (χ3n) is 8.17.